The summed E-state index contributed by atoms with van der Waals surface area (Å²) in [6.07, 6.45) is 11.1. The summed E-state index contributed by atoms with van der Waals surface area (Å²) in [6.45, 7) is 4.52. The summed E-state index contributed by atoms with van der Waals surface area (Å²) in [5, 5.41) is 3.48. The van der Waals surface area contributed by atoms with Gasteiger partial charge in [-0.15, -0.1) is 11.6 Å². The predicted molar refractivity (Wildman–Crippen MR) is 63.9 cm³/mol. The lowest BCUT2D eigenvalue weighted by atomic mass is 9.76. The van der Waals surface area contributed by atoms with Crippen molar-refractivity contribution in [2.45, 2.75) is 39.0 Å². The van der Waals surface area contributed by atoms with E-state index in [0.29, 0.717) is 11.3 Å². The van der Waals surface area contributed by atoms with Crippen LogP contribution >= 0.6 is 11.6 Å². The molecule has 0 saturated heterocycles. The molecule has 0 heterocycles. The summed E-state index contributed by atoms with van der Waals surface area (Å²) in [4.78, 5) is 0. The van der Waals surface area contributed by atoms with Crippen LogP contribution in [0.25, 0.3) is 0 Å². The Hall–Kier alpha value is -0.0100. The van der Waals surface area contributed by atoms with Crippen LogP contribution in [0.1, 0.15) is 39.0 Å². The van der Waals surface area contributed by atoms with Gasteiger partial charge in [0.2, 0.25) is 0 Å². The molecule has 0 unspecified atom stereocenters. The molecule has 1 fully saturated rings. The van der Waals surface area contributed by atoms with E-state index < -0.39 is 0 Å². The maximum atomic E-state index is 5.54. The molecule has 1 aliphatic rings. The summed E-state index contributed by atoms with van der Waals surface area (Å²) >= 11 is 5.54. The third kappa shape index (κ3) is 4.47. The quantitative estimate of drug-likeness (QED) is 0.422. The van der Waals surface area contributed by atoms with Gasteiger partial charge in [-0.2, -0.15) is 0 Å². The molecule has 0 amide bonds. The Labute approximate surface area is 92.9 Å². The molecule has 1 nitrogen and oxygen atoms in total. The molecule has 0 atom stereocenters. The molecular formula is C12H22ClN. The zero-order chi connectivity index (χ0) is 10.3. The molecule has 1 N–H and O–H groups in total. The molecule has 0 spiro atoms. The van der Waals surface area contributed by atoms with Crippen LogP contribution in [0.5, 0.6) is 0 Å². The number of rotatable bonds is 5. The smallest absolute Gasteiger partial charge is 0.0404 e. The van der Waals surface area contributed by atoms with Crippen LogP contribution in [0.2, 0.25) is 0 Å². The zero-order valence-corrected chi connectivity index (χ0v) is 9.95. The Bertz CT molecular complexity index is 171. The first kappa shape index (κ1) is 12.1. The lowest BCUT2D eigenvalue weighted by Gasteiger charge is -2.33. The van der Waals surface area contributed by atoms with E-state index in [4.69, 9.17) is 11.6 Å². The summed E-state index contributed by atoms with van der Waals surface area (Å²) in [7, 11) is 0. The predicted octanol–water partition coefficient (Wildman–Crippen LogP) is 3.34. The number of alkyl halides is 1. The summed E-state index contributed by atoms with van der Waals surface area (Å²) in [6, 6.07) is 0. The first-order valence-corrected chi connectivity index (χ1v) is 6.22. The van der Waals surface area contributed by atoms with Crippen LogP contribution < -0.4 is 5.32 Å². The lowest BCUT2D eigenvalue weighted by molar-refractivity contribution is 0.210. The van der Waals surface area contributed by atoms with E-state index in [-0.39, 0.29) is 0 Å². The molecule has 1 aliphatic carbocycles. The molecule has 82 valence electrons. The summed E-state index contributed by atoms with van der Waals surface area (Å²) in [5.41, 5.74) is 0.549. The molecular weight excluding hydrogens is 194 g/mol. The lowest BCUT2D eigenvalue weighted by Crippen LogP contribution is -2.33. The number of hydrogen-bond donors (Lipinski definition) is 1. The van der Waals surface area contributed by atoms with Gasteiger partial charge in [-0.1, -0.05) is 38.3 Å². The highest BCUT2D eigenvalue weighted by Crippen LogP contribution is 2.34. The highest BCUT2D eigenvalue weighted by Gasteiger charge is 2.25. The Morgan fingerprint density at radius 3 is 2.57 bits per heavy atom. The molecule has 0 bridgehead atoms. The van der Waals surface area contributed by atoms with Crippen LogP contribution in [-0.4, -0.2) is 19.0 Å². The van der Waals surface area contributed by atoms with Crippen molar-refractivity contribution in [3.05, 3.63) is 12.2 Å². The van der Waals surface area contributed by atoms with Gasteiger partial charge in [-0.05, 0) is 18.3 Å². The van der Waals surface area contributed by atoms with Crippen molar-refractivity contribution in [2.24, 2.45) is 5.41 Å². The normalized spacial score (nSPS) is 21.6. The Kier molecular flexibility index (Phi) is 5.57. The first-order chi connectivity index (χ1) is 6.77. The number of halogens is 1. The molecule has 14 heavy (non-hydrogen) atoms. The van der Waals surface area contributed by atoms with E-state index in [2.05, 4.69) is 18.3 Å². The third-order valence-electron chi connectivity index (χ3n) is 3.13. The van der Waals surface area contributed by atoms with Crippen LogP contribution in [0.4, 0.5) is 0 Å². The number of allylic oxidation sites excluding steroid dienone is 1. The Morgan fingerprint density at radius 2 is 1.93 bits per heavy atom. The molecule has 0 aromatic carbocycles. The van der Waals surface area contributed by atoms with Gasteiger partial charge in [0.25, 0.3) is 0 Å². The van der Waals surface area contributed by atoms with Crippen LogP contribution in [0, 0.1) is 5.41 Å². The third-order valence-corrected chi connectivity index (χ3v) is 3.31. The fraction of sp³-hybridized carbons (Fsp3) is 0.833. The van der Waals surface area contributed by atoms with Crippen molar-refractivity contribution in [1.29, 1.82) is 0 Å². The van der Waals surface area contributed by atoms with Gasteiger partial charge in [0.05, 0.1) is 0 Å². The van der Waals surface area contributed by atoms with E-state index in [9.17, 15) is 0 Å². The second-order valence-corrected chi connectivity index (χ2v) is 4.94. The van der Waals surface area contributed by atoms with E-state index >= 15 is 0 Å². The highest BCUT2D eigenvalue weighted by atomic mass is 35.5. The SMILES string of the molecule is CC1(CNC/C=C/CCl)CCCCC1. The van der Waals surface area contributed by atoms with Crippen molar-refractivity contribution >= 4 is 11.6 Å². The molecule has 0 aliphatic heterocycles. The summed E-state index contributed by atoms with van der Waals surface area (Å²) in [5.74, 6) is 0.624. The molecule has 0 aromatic rings. The fourth-order valence-electron chi connectivity index (χ4n) is 2.19. The summed E-state index contributed by atoms with van der Waals surface area (Å²) < 4.78 is 0. The maximum Gasteiger partial charge on any atom is 0.0404 e. The Balaban J connectivity index is 2.12. The number of hydrogen-bond acceptors (Lipinski definition) is 1. The van der Waals surface area contributed by atoms with Gasteiger partial charge < -0.3 is 5.32 Å². The van der Waals surface area contributed by atoms with Crippen molar-refractivity contribution in [3.63, 3.8) is 0 Å². The van der Waals surface area contributed by atoms with Gasteiger partial charge in [-0.25, -0.2) is 0 Å². The topological polar surface area (TPSA) is 12.0 Å². The second kappa shape index (κ2) is 6.47. The Morgan fingerprint density at radius 1 is 1.21 bits per heavy atom. The second-order valence-electron chi connectivity index (χ2n) is 4.63. The van der Waals surface area contributed by atoms with E-state index in [1.54, 1.807) is 0 Å². The van der Waals surface area contributed by atoms with Gasteiger partial charge >= 0.3 is 0 Å². The van der Waals surface area contributed by atoms with Crippen molar-refractivity contribution < 1.29 is 0 Å². The van der Waals surface area contributed by atoms with Gasteiger partial charge in [0.1, 0.15) is 0 Å². The van der Waals surface area contributed by atoms with Gasteiger partial charge in [0, 0.05) is 19.0 Å². The van der Waals surface area contributed by atoms with E-state index in [1.165, 1.54) is 32.1 Å². The monoisotopic (exact) mass is 215 g/mol. The highest BCUT2D eigenvalue weighted by molar-refractivity contribution is 6.18. The van der Waals surface area contributed by atoms with Crippen LogP contribution in [0.3, 0.4) is 0 Å². The average molecular weight is 216 g/mol. The molecule has 1 saturated carbocycles. The molecule has 1 rings (SSSR count). The first-order valence-electron chi connectivity index (χ1n) is 5.68. The molecule has 0 aromatic heterocycles. The van der Waals surface area contributed by atoms with Crippen LogP contribution in [0.15, 0.2) is 12.2 Å². The standard InChI is InChI=1S/C12H22ClN/c1-12(7-3-2-4-8-12)11-14-10-6-5-9-13/h5-6,14H,2-4,7-11H2,1H3/b6-5+. The van der Waals surface area contributed by atoms with Crippen molar-refractivity contribution in [1.82, 2.24) is 5.32 Å². The minimum Gasteiger partial charge on any atom is -0.313 e. The number of nitrogens with one attached hydrogen (secondary N) is 1. The minimum atomic E-state index is 0.549. The largest absolute Gasteiger partial charge is 0.313 e. The van der Waals surface area contributed by atoms with Crippen molar-refractivity contribution in [2.75, 3.05) is 19.0 Å². The maximum absolute atomic E-state index is 5.54. The zero-order valence-electron chi connectivity index (χ0n) is 9.19. The van der Waals surface area contributed by atoms with Crippen molar-refractivity contribution in [3.8, 4) is 0 Å². The molecule has 2 heteroatoms. The van der Waals surface area contributed by atoms with Gasteiger partial charge in [-0.3, -0.25) is 0 Å². The van der Waals surface area contributed by atoms with E-state index in [1.807, 2.05) is 6.08 Å². The average Bonchev–Trinajstić information content (AvgIpc) is 2.18. The minimum absolute atomic E-state index is 0.549. The van der Waals surface area contributed by atoms with E-state index in [0.717, 1.165) is 13.1 Å². The fourth-order valence-corrected chi connectivity index (χ4v) is 2.31. The van der Waals surface area contributed by atoms with Crippen LogP contribution in [-0.2, 0) is 0 Å². The molecule has 0 radical (unpaired) electrons. The van der Waals surface area contributed by atoms with Gasteiger partial charge in [0.15, 0.2) is 0 Å².